The van der Waals surface area contributed by atoms with Crippen LogP contribution in [-0.2, 0) is 0 Å². The number of oxazole rings is 1. The summed E-state index contributed by atoms with van der Waals surface area (Å²) >= 11 is 1.38. The fraction of sp³-hybridized carbons (Fsp3) is 0.182. The second-order valence-electron chi connectivity index (χ2n) is 3.00. The molecule has 16 heavy (non-hydrogen) atoms. The van der Waals surface area contributed by atoms with Gasteiger partial charge in [0.2, 0.25) is 0 Å². The standard InChI is InChI=1S/C11H12N2O2S/c1-2-14-8-4-3-5-9(10(8)12)16-11-13-6-7-15-11/h3-7H,2,12H2,1H3. The molecule has 1 aromatic carbocycles. The Hall–Kier alpha value is -1.62. The van der Waals surface area contributed by atoms with Gasteiger partial charge in [-0.15, -0.1) is 0 Å². The smallest absolute Gasteiger partial charge is 0.260 e. The van der Waals surface area contributed by atoms with Gasteiger partial charge in [-0.3, -0.25) is 0 Å². The molecule has 1 aromatic heterocycles. The first kappa shape index (κ1) is 10.9. The lowest BCUT2D eigenvalue weighted by Crippen LogP contribution is -1.97. The van der Waals surface area contributed by atoms with E-state index >= 15 is 0 Å². The van der Waals surface area contributed by atoms with Crippen LogP contribution in [-0.4, -0.2) is 11.6 Å². The molecule has 84 valence electrons. The van der Waals surface area contributed by atoms with Crippen molar-refractivity contribution in [1.82, 2.24) is 4.98 Å². The molecule has 0 spiro atoms. The number of nitrogen functional groups attached to an aromatic ring is 1. The summed E-state index contributed by atoms with van der Waals surface area (Å²) in [6.45, 7) is 2.52. The van der Waals surface area contributed by atoms with Gasteiger partial charge in [-0.2, -0.15) is 0 Å². The van der Waals surface area contributed by atoms with E-state index < -0.39 is 0 Å². The maximum absolute atomic E-state index is 5.97. The largest absolute Gasteiger partial charge is 0.492 e. The minimum atomic E-state index is 0.570. The molecule has 0 saturated carbocycles. The van der Waals surface area contributed by atoms with Gasteiger partial charge in [0.1, 0.15) is 12.0 Å². The van der Waals surface area contributed by atoms with Gasteiger partial charge < -0.3 is 14.9 Å². The molecule has 2 N–H and O–H groups in total. The molecule has 0 radical (unpaired) electrons. The van der Waals surface area contributed by atoms with Crippen LogP contribution in [0.5, 0.6) is 5.75 Å². The van der Waals surface area contributed by atoms with Crippen LogP contribution in [0.15, 0.2) is 45.2 Å². The van der Waals surface area contributed by atoms with E-state index in [0.717, 1.165) is 4.90 Å². The Bertz CT molecular complexity index is 457. The molecule has 2 aromatic rings. The summed E-state index contributed by atoms with van der Waals surface area (Å²) in [6.07, 6.45) is 3.13. The molecule has 5 heteroatoms. The summed E-state index contributed by atoms with van der Waals surface area (Å²) in [5.41, 5.74) is 6.59. The number of hydrogen-bond acceptors (Lipinski definition) is 5. The van der Waals surface area contributed by atoms with Crippen LogP contribution < -0.4 is 10.5 Å². The van der Waals surface area contributed by atoms with Crippen molar-refractivity contribution in [2.45, 2.75) is 17.0 Å². The zero-order valence-corrected chi connectivity index (χ0v) is 9.66. The van der Waals surface area contributed by atoms with Crippen molar-refractivity contribution in [2.75, 3.05) is 12.3 Å². The molecular weight excluding hydrogens is 224 g/mol. The summed E-state index contributed by atoms with van der Waals surface area (Å²) in [7, 11) is 0. The second kappa shape index (κ2) is 4.94. The summed E-state index contributed by atoms with van der Waals surface area (Å²) in [5.74, 6) is 0.694. The third kappa shape index (κ3) is 2.30. The Morgan fingerprint density at radius 1 is 1.50 bits per heavy atom. The highest BCUT2D eigenvalue weighted by Crippen LogP contribution is 2.36. The van der Waals surface area contributed by atoms with Crippen LogP contribution in [0, 0.1) is 0 Å². The first-order valence-electron chi connectivity index (χ1n) is 4.90. The van der Waals surface area contributed by atoms with Crippen molar-refractivity contribution < 1.29 is 9.15 Å². The van der Waals surface area contributed by atoms with E-state index in [4.69, 9.17) is 14.9 Å². The van der Waals surface area contributed by atoms with Crippen molar-refractivity contribution in [3.8, 4) is 5.75 Å². The Balaban J connectivity index is 2.24. The Labute approximate surface area is 97.8 Å². The fourth-order valence-electron chi connectivity index (χ4n) is 1.25. The van der Waals surface area contributed by atoms with Crippen LogP contribution in [0.25, 0.3) is 0 Å². The number of nitrogens with two attached hydrogens (primary N) is 1. The molecular formula is C11H12N2O2S. The minimum Gasteiger partial charge on any atom is -0.492 e. The summed E-state index contributed by atoms with van der Waals surface area (Å²) in [4.78, 5) is 4.91. The number of rotatable bonds is 4. The first-order valence-corrected chi connectivity index (χ1v) is 5.71. The molecule has 0 aliphatic carbocycles. The van der Waals surface area contributed by atoms with Crippen molar-refractivity contribution in [2.24, 2.45) is 0 Å². The quantitative estimate of drug-likeness (QED) is 0.827. The van der Waals surface area contributed by atoms with Crippen LogP contribution in [0.3, 0.4) is 0 Å². The highest BCUT2D eigenvalue weighted by molar-refractivity contribution is 7.99. The number of para-hydroxylation sites is 1. The zero-order chi connectivity index (χ0) is 11.4. The maximum Gasteiger partial charge on any atom is 0.260 e. The Morgan fingerprint density at radius 2 is 2.38 bits per heavy atom. The number of benzene rings is 1. The Morgan fingerprint density at radius 3 is 3.06 bits per heavy atom. The molecule has 0 fully saturated rings. The van der Waals surface area contributed by atoms with Crippen molar-refractivity contribution in [3.63, 3.8) is 0 Å². The van der Waals surface area contributed by atoms with Gasteiger partial charge in [0, 0.05) is 4.90 Å². The number of hydrogen-bond donors (Lipinski definition) is 1. The zero-order valence-electron chi connectivity index (χ0n) is 8.84. The van der Waals surface area contributed by atoms with E-state index in [2.05, 4.69) is 4.98 Å². The lowest BCUT2D eigenvalue weighted by Gasteiger charge is -2.09. The molecule has 2 rings (SSSR count). The third-order valence-electron chi connectivity index (χ3n) is 1.93. The van der Waals surface area contributed by atoms with E-state index in [1.807, 2.05) is 25.1 Å². The van der Waals surface area contributed by atoms with Crippen molar-refractivity contribution in [1.29, 1.82) is 0 Å². The second-order valence-corrected chi connectivity index (χ2v) is 3.99. The van der Waals surface area contributed by atoms with Crippen LogP contribution in [0.4, 0.5) is 5.69 Å². The van der Waals surface area contributed by atoms with Crippen molar-refractivity contribution in [3.05, 3.63) is 30.7 Å². The lowest BCUT2D eigenvalue weighted by molar-refractivity contribution is 0.341. The highest BCUT2D eigenvalue weighted by Gasteiger charge is 2.09. The SMILES string of the molecule is CCOc1cccc(Sc2ncco2)c1N. The van der Waals surface area contributed by atoms with Crippen LogP contribution in [0.1, 0.15) is 6.92 Å². The molecule has 0 aliphatic rings. The predicted molar refractivity (Wildman–Crippen MR) is 62.6 cm³/mol. The fourth-order valence-corrected chi connectivity index (χ4v) is 2.01. The highest BCUT2D eigenvalue weighted by atomic mass is 32.2. The Kier molecular flexibility index (Phi) is 3.36. The van der Waals surface area contributed by atoms with Gasteiger partial charge >= 0.3 is 0 Å². The molecule has 0 saturated heterocycles. The molecule has 0 bridgehead atoms. The van der Waals surface area contributed by atoms with Crippen LogP contribution >= 0.6 is 11.8 Å². The summed E-state index contributed by atoms with van der Waals surface area (Å²) in [5, 5.41) is 0.570. The molecule has 4 nitrogen and oxygen atoms in total. The topological polar surface area (TPSA) is 61.3 Å². The number of nitrogens with zero attached hydrogens (tertiary/aromatic N) is 1. The number of aromatic nitrogens is 1. The molecule has 0 unspecified atom stereocenters. The minimum absolute atomic E-state index is 0.570. The lowest BCUT2D eigenvalue weighted by atomic mass is 10.3. The normalized spacial score (nSPS) is 10.3. The van der Waals surface area contributed by atoms with E-state index in [1.54, 1.807) is 6.20 Å². The predicted octanol–water partition coefficient (Wildman–Crippen LogP) is 2.81. The average molecular weight is 236 g/mol. The molecule has 0 amide bonds. The van der Waals surface area contributed by atoms with E-state index in [1.165, 1.54) is 18.0 Å². The monoisotopic (exact) mass is 236 g/mol. The molecule has 1 heterocycles. The summed E-state index contributed by atoms with van der Waals surface area (Å²) in [6, 6.07) is 5.65. The van der Waals surface area contributed by atoms with Gasteiger partial charge in [-0.1, -0.05) is 6.07 Å². The van der Waals surface area contributed by atoms with Gasteiger partial charge in [-0.25, -0.2) is 4.98 Å². The number of ether oxygens (including phenoxy) is 1. The van der Waals surface area contributed by atoms with E-state index in [-0.39, 0.29) is 0 Å². The summed E-state index contributed by atoms with van der Waals surface area (Å²) < 4.78 is 10.6. The van der Waals surface area contributed by atoms with Gasteiger partial charge in [0.05, 0.1) is 18.5 Å². The van der Waals surface area contributed by atoms with E-state index in [9.17, 15) is 0 Å². The van der Waals surface area contributed by atoms with Gasteiger partial charge in [0.15, 0.2) is 0 Å². The van der Waals surface area contributed by atoms with Crippen LogP contribution in [0.2, 0.25) is 0 Å². The molecule has 0 aliphatic heterocycles. The first-order chi connectivity index (χ1) is 7.81. The van der Waals surface area contributed by atoms with Gasteiger partial charge in [0.25, 0.3) is 5.22 Å². The third-order valence-corrected chi connectivity index (χ3v) is 2.89. The van der Waals surface area contributed by atoms with Gasteiger partial charge in [-0.05, 0) is 30.8 Å². The molecule has 0 atom stereocenters. The average Bonchev–Trinajstić information content (AvgIpc) is 2.77. The number of anilines is 1. The maximum atomic E-state index is 5.97. The van der Waals surface area contributed by atoms with Crippen molar-refractivity contribution >= 4 is 17.4 Å². The van der Waals surface area contributed by atoms with E-state index in [0.29, 0.717) is 23.3 Å².